The monoisotopic (exact) mass is 397 g/mol. The summed E-state index contributed by atoms with van der Waals surface area (Å²) < 4.78 is 39.1. The standard InChI is InChI=1S/C20H16FN3O3S/c21-13-3-5-14(6-4-13)24-17-9-10-28(26,27)19(17)18(16(11-22)20(24)23)12-1-7-15(25)8-2-12/h1-8,18,25H,9-10,23H2/t18-/m0/s1. The minimum absolute atomic E-state index is 0.0337. The fourth-order valence-corrected chi connectivity index (χ4v) is 5.60. The fraction of sp³-hybridized carbons (Fsp3) is 0.150. The van der Waals surface area contributed by atoms with Crippen LogP contribution in [0.15, 0.2) is 70.5 Å². The van der Waals surface area contributed by atoms with Gasteiger partial charge in [0.15, 0.2) is 9.84 Å². The summed E-state index contributed by atoms with van der Waals surface area (Å²) in [6, 6.07) is 13.6. The molecular formula is C20H16FN3O3S. The van der Waals surface area contributed by atoms with Crippen molar-refractivity contribution in [1.29, 1.82) is 5.26 Å². The van der Waals surface area contributed by atoms with Gasteiger partial charge in [-0.1, -0.05) is 12.1 Å². The Labute approximate surface area is 161 Å². The highest BCUT2D eigenvalue weighted by Gasteiger charge is 2.45. The minimum atomic E-state index is -3.61. The number of benzene rings is 2. The molecule has 0 aromatic heterocycles. The molecule has 2 aromatic rings. The molecule has 0 spiro atoms. The Kier molecular flexibility index (Phi) is 4.12. The zero-order chi connectivity index (χ0) is 20.1. The molecule has 2 aliphatic rings. The smallest absolute Gasteiger partial charge is 0.177 e. The lowest BCUT2D eigenvalue weighted by atomic mass is 9.87. The van der Waals surface area contributed by atoms with Crippen molar-refractivity contribution in [2.75, 3.05) is 10.7 Å². The third-order valence-corrected chi connectivity index (χ3v) is 6.88. The van der Waals surface area contributed by atoms with Gasteiger partial charge in [-0.3, -0.25) is 4.90 Å². The van der Waals surface area contributed by atoms with Gasteiger partial charge in [-0.05, 0) is 42.0 Å². The highest BCUT2D eigenvalue weighted by molar-refractivity contribution is 7.95. The van der Waals surface area contributed by atoms with E-state index in [0.717, 1.165) is 0 Å². The van der Waals surface area contributed by atoms with Crippen LogP contribution in [-0.4, -0.2) is 19.3 Å². The van der Waals surface area contributed by atoms with Crippen molar-refractivity contribution >= 4 is 15.5 Å². The Morgan fingerprint density at radius 1 is 1.14 bits per heavy atom. The van der Waals surface area contributed by atoms with E-state index in [1.54, 1.807) is 12.1 Å². The number of phenolic OH excluding ortho intramolecular Hbond substituents is 1. The van der Waals surface area contributed by atoms with Gasteiger partial charge in [0.25, 0.3) is 0 Å². The van der Waals surface area contributed by atoms with Gasteiger partial charge in [-0.25, -0.2) is 12.8 Å². The van der Waals surface area contributed by atoms with Crippen molar-refractivity contribution in [2.24, 2.45) is 5.73 Å². The number of hydrogen-bond donors (Lipinski definition) is 2. The van der Waals surface area contributed by atoms with Gasteiger partial charge in [0.05, 0.1) is 28.2 Å². The quantitative estimate of drug-likeness (QED) is 0.807. The summed E-state index contributed by atoms with van der Waals surface area (Å²) in [5.74, 6) is -1.21. The summed E-state index contributed by atoms with van der Waals surface area (Å²) >= 11 is 0. The molecule has 2 aromatic carbocycles. The van der Waals surface area contributed by atoms with Crippen molar-refractivity contribution in [2.45, 2.75) is 12.3 Å². The largest absolute Gasteiger partial charge is 0.508 e. The summed E-state index contributed by atoms with van der Waals surface area (Å²) in [5.41, 5.74) is 7.94. The van der Waals surface area contributed by atoms with Crippen LogP contribution in [0, 0.1) is 17.1 Å². The molecule has 0 saturated heterocycles. The lowest BCUT2D eigenvalue weighted by Crippen LogP contribution is -2.34. The summed E-state index contributed by atoms with van der Waals surface area (Å²) in [6.45, 7) is 0. The third-order valence-electron chi connectivity index (χ3n) is 5.00. The highest BCUT2D eigenvalue weighted by atomic mass is 32.2. The van der Waals surface area contributed by atoms with E-state index in [4.69, 9.17) is 5.73 Å². The van der Waals surface area contributed by atoms with Crippen LogP contribution >= 0.6 is 0 Å². The van der Waals surface area contributed by atoms with E-state index in [1.807, 2.05) is 0 Å². The number of nitrogens with zero attached hydrogens (tertiary/aromatic N) is 2. The normalized spacial score (nSPS) is 20.9. The Morgan fingerprint density at radius 2 is 1.79 bits per heavy atom. The molecule has 1 atom stereocenters. The van der Waals surface area contributed by atoms with Crippen LogP contribution in [0.4, 0.5) is 10.1 Å². The third kappa shape index (κ3) is 2.72. The molecule has 28 heavy (non-hydrogen) atoms. The number of anilines is 1. The van der Waals surface area contributed by atoms with E-state index < -0.39 is 21.6 Å². The Morgan fingerprint density at radius 3 is 2.39 bits per heavy atom. The molecule has 8 heteroatoms. The van der Waals surface area contributed by atoms with Crippen LogP contribution in [0.5, 0.6) is 5.75 Å². The zero-order valence-electron chi connectivity index (χ0n) is 14.6. The topological polar surface area (TPSA) is 107 Å². The molecule has 2 heterocycles. The van der Waals surface area contributed by atoms with Gasteiger partial charge in [0.1, 0.15) is 17.4 Å². The van der Waals surface area contributed by atoms with E-state index in [2.05, 4.69) is 6.07 Å². The lowest BCUT2D eigenvalue weighted by Gasteiger charge is -2.35. The second kappa shape index (κ2) is 6.39. The van der Waals surface area contributed by atoms with Crippen LogP contribution in [0.1, 0.15) is 17.9 Å². The molecule has 0 fully saturated rings. The predicted octanol–water partition coefficient (Wildman–Crippen LogP) is 2.86. The first-order valence-corrected chi connectivity index (χ1v) is 10.2. The molecule has 0 saturated carbocycles. The molecule has 0 aliphatic carbocycles. The molecule has 2 aliphatic heterocycles. The van der Waals surface area contributed by atoms with E-state index in [0.29, 0.717) is 16.9 Å². The molecule has 0 bridgehead atoms. The molecule has 4 rings (SSSR count). The van der Waals surface area contributed by atoms with E-state index in [-0.39, 0.29) is 34.2 Å². The minimum Gasteiger partial charge on any atom is -0.508 e. The number of halogens is 1. The zero-order valence-corrected chi connectivity index (χ0v) is 15.4. The van der Waals surface area contributed by atoms with E-state index in [1.165, 1.54) is 41.3 Å². The van der Waals surface area contributed by atoms with Gasteiger partial charge in [0.2, 0.25) is 0 Å². The van der Waals surface area contributed by atoms with Crippen molar-refractivity contribution in [3.8, 4) is 11.8 Å². The van der Waals surface area contributed by atoms with E-state index >= 15 is 0 Å². The SMILES string of the molecule is N#CC1=C(N)N(c2ccc(F)cc2)C2=C([C@H]1c1ccc(O)cc1)S(=O)(=O)CC2. The lowest BCUT2D eigenvalue weighted by molar-refractivity contribution is 0.475. The van der Waals surface area contributed by atoms with Crippen molar-refractivity contribution in [3.63, 3.8) is 0 Å². The Balaban J connectivity index is 1.98. The molecular weight excluding hydrogens is 381 g/mol. The maximum Gasteiger partial charge on any atom is 0.177 e. The summed E-state index contributed by atoms with van der Waals surface area (Å²) in [4.78, 5) is 1.66. The van der Waals surface area contributed by atoms with Crippen LogP contribution in [0.2, 0.25) is 0 Å². The number of phenols is 1. The Bertz CT molecular complexity index is 1160. The van der Waals surface area contributed by atoms with Crippen LogP contribution in [0.3, 0.4) is 0 Å². The molecule has 0 amide bonds. The second-order valence-corrected chi connectivity index (χ2v) is 8.70. The molecule has 6 nitrogen and oxygen atoms in total. The Hall–Kier alpha value is -3.31. The first-order chi connectivity index (χ1) is 13.3. The first-order valence-electron chi connectivity index (χ1n) is 8.53. The number of nitrogens with two attached hydrogens (primary N) is 1. The van der Waals surface area contributed by atoms with Crippen molar-refractivity contribution in [1.82, 2.24) is 0 Å². The summed E-state index contributed by atoms with van der Waals surface area (Å²) in [5, 5.41) is 19.4. The molecule has 0 radical (unpaired) electrons. The fourth-order valence-electron chi connectivity index (χ4n) is 3.75. The molecule has 142 valence electrons. The first kappa shape index (κ1) is 18.1. The van der Waals surface area contributed by atoms with Gasteiger partial charge in [-0.15, -0.1) is 0 Å². The average molecular weight is 397 g/mol. The maximum atomic E-state index is 13.4. The van der Waals surface area contributed by atoms with E-state index in [9.17, 15) is 23.2 Å². The predicted molar refractivity (Wildman–Crippen MR) is 102 cm³/mol. The van der Waals surface area contributed by atoms with Gasteiger partial charge >= 0.3 is 0 Å². The number of aromatic hydroxyl groups is 1. The highest BCUT2D eigenvalue weighted by Crippen LogP contribution is 2.48. The number of sulfone groups is 1. The number of hydrogen-bond acceptors (Lipinski definition) is 6. The molecule has 3 N–H and O–H groups in total. The van der Waals surface area contributed by atoms with Crippen molar-refractivity contribution in [3.05, 3.63) is 81.9 Å². The van der Waals surface area contributed by atoms with Gasteiger partial charge < -0.3 is 10.8 Å². The summed E-state index contributed by atoms with van der Waals surface area (Å²) in [6.07, 6.45) is 0.239. The number of nitriles is 1. The number of rotatable bonds is 2. The maximum absolute atomic E-state index is 13.4. The number of allylic oxidation sites excluding steroid dienone is 3. The van der Waals surface area contributed by atoms with Crippen molar-refractivity contribution < 1.29 is 17.9 Å². The van der Waals surface area contributed by atoms with Crippen LogP contribution < -0.4 is 10.6 Å². The summed E-state index contributed by atoms with van der Waals surface area (Å²) in [7, 11) is -3.61. The van der Waals surface area contributed by atoms with Crippen LogP contribution in [0.25, 0.3) is 0 Å². The van der Waals surface area contributed by atoms with Crippen LogP contribution in [-0.2, 0) is 9.84 Å². The second-order valence-electron chi connectivity index (χ2n) is 6.63. The van der Waals surface area contributed by atoms with Gasteiger partial charge in [-0.2, -0.15) is 5.26 Å². The van der Waals surface area contributed by atoms with Gasteiger partial charge in [0, 0.05) is 17.8 Å². The average Bonchev–Trinajstić information content (AvgIpc) is 2.98. The molecule has 0 unspecified atom stereocenters.